The van der Waals surface area contributed by atoms with E-state index >= 15 is 0 Å². The third-order valence-electron chi connectivity index (χ3n) is 6.50. The van der Waals surface area contributed by atoms with Crippen molar-refractivity contribution in [2.45, 2.75) is 63.1 Å². The van der Waals surface area contributed by atoms with Crippen molar-refractivity contribution in [3.05, 3.63) is 64.8 Å². The molecule has 0 saturated heterocycles. The molecule has 38 heavy (non-hydrogen) atoms. The number of aliphatic hydroxyl groups is 2. The lowest BCUT2D eigenvalue weighted by Crippen LogP contribution is -2.27. The van der Waals surface area contributed by atoms with Crippen LogP contribution in [0, 0.1) is 22.0 Å². The summed E-state index contributed by atoms with van der Waals surface area (Å²) in [5.41, 5.74) is 0. The summed E-state index contributed by atoms with van der Waals surface area (Å²) < 4.78 is 33.8. The fourth-order valence-corrected chi connectivity index (χ4v) is 4.35. The molecule has 212 valence electrons. The molecular weight excluding hydrogens is 502 g/mol. The number of carbonyl (C=O) groups excluding carboxylic acids is 1. The van der Waals surface area contributed by atoms with Crippen LogP contribution in [0.1, 0.15) is 44.9 Å². The highest BCUT2D eigenvalue weighted by atomic mass is 19.3. The number of carbonyl (C=O) groups is 1. The van der Waals surface area contributed by atoms with Crippen LogP contribution in [-0.2, 0) is 9.63 Å². The summed E-state index contributed by atoms with van der Waals surface area (Å²) in [6, 6.07) is 8.33. The maximum atomic E-state index is 14.3. The van der Waals surface area contributed by atoms with E-state index in [1.807, 2.05) is 12.2 Å². The molecule has 2 N–H and O–H groups in total. The van der Waals surface area contributed by atoms with E-state index in [0.717, 1.165) is 6.08 Å². The quantitative estimate of drug-likeness (QED) is 0.132. The normalized spacial score (nSPS) is 21.7. The highest BCUT2D eigenvalue weighted by Gasteiger charge is 2.40. The predicted molar refractivity (Wildman–Crippen MR) is 137 cm³/mol. The van der Waals surface area contributed by atoms with Gasteiger partial charge in [-0.2, -0.15) is 8.78 Å². The van der Waals surface area contributed by atoms with Gasteiger partial charge in [0.25, 0.3) is 11.0 Å². The minimum absolute atomic E-state index is 0.00823. The number of nitrogens with zero attached hydrogens (tertiary/aromatic N) is 2. The average molecular weight is 541 g/mol. The second kappa shape index (κ2) is 16.0. The largest absolute Gasteiger partial charge is 0.487 e. The molecule has 1 amide bonds. The molecule has 0 aromatic heterocycles. The van der Waals surface area contributed by atoms with Crippen LogP contribution in [0.25, 0.3) is 0 Å². The first-order valence-corrected chi connectivity index (χ1v) is 12.9. The summed E-state index contributed by atoms with van der Waals surface area (Å²) in [6.45, 7) is -0.328. The molecule has 0 bridgehead atoms. The number of allylic oxidation sites excluding steroid dienone is 2. The Morgan fingerprint density at radius 3 is 2.63 bits per heavy atom. The van der Waals surface area contributed by atoms with Crippen LogP contribution in [0.3, 0.4) is 0 Å². The number of unbranched alkanes of at least 4 members (excludes halogenated alkanes) is 2. The molecule has 1 aromatic carbocycles. The molecule has 9 nitrogen and oxygen atoms in total. The Morgan fingerprint density at radius 2 is 1.92 bits per heavy atom. The molecule has 1 aliphatic rings. The van der Waals surface area contributed by atoms with E-state index in [0.29, 0.717) is 50.8 Å². The van der Waals surface area contributed by atoms with Gasteiger partial charge in [-0.15, -0.1) is 10.1 Å². The van der Waals surface area contributed by atoms with E-state index in [2.05, 4.69) is 4.84 Å². The van der Waals surface area contributed by atoms with Gasteiger partial charge in [-0.1, -0.05) is 36.4 Å². The lowest BCUT2D eigenvalue weighted by Gasteiger charge is -2.20. The fraction of sp³-hybridized carbons (Fsp3) is 0.593. The first-order valence-electron chi connectivity index (χ1n) is 12.9. The van der Waals surface area contributed by atoms with Crippen LogP contribution in [0.2, 0.25) is 0 Å². The van der Waals surface area contributed by atoms with Crippen molar-refractivity contribution >= 4 is 5.91 Å². The van der Waals surface area contributed by atoms with E-state index in [1.54, 1.807) is 42.3 Å². The van der Waals surface area contributed by atoms with Crippen LogP contribution >= 0.6 is 0 Å². The summed E-state index contributed by atoms with van der Waals surface area (Å²) in [5, 5.41) is 29.9. The van der Waals surface area contributed by atoms with Gasteiger partial charge in [-0.3, -0.25) is 4.79 Å². The highest BCUT2D eigenvalue weighted by molar-refractivity contribution is 5.75. The summed E-state index contributed by atoms with van der Waals surface area (Å²) in [5.74, 6) is -3.91. The Morgan fingerprint density at radius 1 is 1.18 bits per heavy atom. The Labute approximate surface area is 221 Å². The summed E-state index contributed by atoms with van der Waals surface area (Å²) >= 11 is 0. The smallest absolute Gasteiger partial charge is 0.299 e. The number of para-hydroxylation sites is 1. The molecule has 1 aliphatic carbocycles. The molecule has 0 radical (unpaired) electrons. The standard InChI is InChI=1S/C27H38F2N2O7/c1-30(17-9-10-18-38-31(35)36)26(34)14-8-3-2-7-13-22-23(25(33)19-24(22)32)15-16-27(28,29)20-37-21-11-5-4-6-12-21/h2,4-7,11-12,15-16,22-25,32-33H,3,8-10,13-14,17-20H2,1H3/b7-2-,16-15+/t22-,23-,24+,25-/m1/s1. The Bertz CT molecular complexity index is 914. The van der Waals surface area contributed by atoms with Gasteiger partial charge in [0, 0.05) is 32.4 Å². The average Bonchev–Trinajstić information content (AvgIpc) is 3.15. The van der Waals surface area contributed by atoms with Gasteiger partial charge in [0.15, 0.2) is 6.61 Å². The van der Waals surface area contributed by atoms with Crippen molar-refractivity contribution < 1.29 is 38.4 Å². The highest BCUT2D eigenvalue weighted by Crippen LogP contribution is 2.37. The number of rotatable bonds is 17. The second-order valence-corrected chi connectivity index (χ2v) is 9.51. The van der Waals surface area contributed by atoms with E-state index in [4.69, 9.17) is 4.74 Å². The monoisotopic (exact) mass is 540 g/mol. The zero-order valence-corrected chi connectivity index (χ0v) is 21.7. The van der Waals surface area contributed by atoms with Crippen molar-refractivity contribution in [3.8, 4) is 5.75 Å². The maximum absolute atomic E-state index is 14.3. The number of alkyl halides is 2. The van der Waals surface area contributed by atoms with E-state index in [-0.39, 0.29) is 18.9 Å². The molecule has 2 rings (SSSR count). The molecule has 1 fully saturated rings. The third-order valence-corrected chi connectivity index (χ3v) is 6.50. The third kappa shape index (κ3) is 11.6. The minimum atomic E-state index is -3.23. The van der Waals surface area contributed by atoms with Crippen molar-refractivity contribution in [1.82, 2.24) is 4.90 Å². The molecular formula is C27H38F2N2O7. The number of ether oxygens (including phenoxy) is 1. The number of hydrogen-bond donors (Lipinski definition) is 2. The van der Waals surface area contributed by atoms with Crippen LogP contribution < -0.4 is 4.74 Å². The molecule has 4 atom stereocenters. The van der Waals surface area contributed by atoms with Gasteiger partial charge >= 0.3 is 0 Å². The van der Waals surface area contributed by atoms with E-state index in [1.165, 1.54) is 6.08 Å². The van der Waals surface area contributed by atoms with Crippen LogP contribution in [-0.4, -0.2) is 71.0 Å². The molecule has 0 heterocycles. The molecule has 1 saturated carbocycles. The van der Waals surface area contributed by atoms with Gasteiger partial charge in [0.2, 0.25) is 5.91 Å². The van der Waals surface area contributed by atoms with Crippen LogP contribution in [0.4, 0.5) is 8.78 Å². The lowest BCUT2D eigenvalue weighted by atomic mass is 9.89. The number of amides is 1. The van der Waals surface area contributed by atoms with Crippen molar-refractivity contribution in [2.75, 3.05) is 26.8 Å². The van der Waals surface area contributed by atoms with Crippen molar-refractivity contribution in [1.29, 1.82) is 0 Å². The fourth-order valence-electron chi connectivity index (χ4n) is 4.35. The topological polar surface area (TPSA) is 122 Å². The zero-order chi connectivity index (χ0) is 28.0. The van der Waals surface area contributed by atoms with Gasteiger partial charge in [0.05, 0.1) is 18.8 Å². The Balaban J connectivity index is 1.72. The lowest BCUT2D eigenvalue weighted by molar-refractivity contribution is -0.757. The maximum Gasteiger partial charge on any atom is 0.299 e. The molecule has 0 spiro atoms. The molecule has 11 heteroatoms. The second-order valence-electron chi connectivity index (χ2n) is 9.51. The molecule has 0 aliphatic heterocycles. The SMILES string of the molecule is CN(CCCCO[N+](=O)[O-])C(=O)CCC/C=C\C[C@@H]1[C@@H](/C=C/C(F)(F)COc2ccccc2)[C@H](O)C[C@@H]1O. The predicted octanol–water partition coefficient (Wildman–Crippen LogP) is 4.18. The molecule has 0 unspecified atom stereocenters. The van der Waals surface area contributed by atoms with Crippen molar-refractivity contribution in [3.63, 3.8) is 0 Å². The Kier molecular flexibility index (Phi) is 13.1. The van der Waals surface area contributed by atoms with Crippen LogP contribution in [0.15, 0.2) is 54.6 Å². The van der Waals surface area contributed by atoms with Gasteiger partial charge in [0.1, 0.15) is 5.75 Å². The van der Waals surface area contributed by atoms with Gasteiger partial charge in [-0.05, 0) is 56.2 Å². The molecule has 1 aromatic rings. The van der Waals surface area contributed by atoms with E-state index in [9.17, 15) is 33.9 Å². The summed E-state index contributed by atoms with van der Waals surface area (Å²) in [4.78, 5) is 28.1. The number of benzene rings is 1. The van der Waals surface area contributed by atoms with Crippen LogP contribution in [0.5, 0.6) is 5.75 Å². The number of hydrogen-bond acceptors (Lipinski definition) is 7. The minimum Gasteiger partial charge on any atom is -0.487 e. The Hall–Kier alpha value is -3.05. The summed E-state index contributed by atoms with van der Waals surface area (Å²) in [6.07, 6.45) is 7.30. The van der Waals surface area contributed by atoms with Gasteiger partial charge < -0.3 is 24.7 Å². The van der Waals surface area contributed by atoms with Gasteiger partial charge in [-0.25, -0.2) is 0 Å². The first kappa shape index (κ1) is 31.2. The zero-order valence-electron chi connectivity index (χ0n) is 21.7. The van der Waals surface area contributed by atoms with Crippen molar-refractivity contribution in [2.24, 2.45) is 11.8 Å². The summed E-state index contributed by atoms with van der Waals surface area (Å²) in [7, 11) is 1.68. The number of halogens is 2. The van der Waals surface area contributed by atoms with E-state index < -0.39 is 41.7 Å². The number of aliphatic hydroxyl groups excluding tert-OH is 2. The first-order chi connectivity index (χ1) is 18.1.